The zero-order chi connectivity index (χ0) is 10.1. The Morgan fingerprint density at radius 2 is 1.87 bits per heavy atom. The minimum Gasteiger partial charge on any atom is -0.242 e. The molecule has 0 fully saturated rings. The van der Waals surface area contributed by atoms with E-state index in [2.05, 4.69) is 20.2 Å². The minimum absolute atomic E-state index is 0.605. The van der Waals surface area contributed by atoms with Gasteiger partial charge in [0.05, 0.1) is 11.9 Å². The number of rotatable bonds is 1. The number of benzene rings is 1. The van der Waals surface area contributed by atoms with Crippen molar-refractivity contribution in [2.24, 2.45) is 0 Å². The van der Waals surface area contributed by atoms with Gasteiger partial charge in [0.1, 0.15) is 6.33 Å². The standard InChI is InChI=1S/C10H7N5/c1-2-4-8(5-3-1)15-13-9-6-11-7-12-10(9)14-15/h1-7H. The topological polar surface area (TPSA) is 56.5 Å². The predicted molar refractivity (Wildman–Crippen MR) is 54.5 cm³/mol. The van der Waals surface area contributed by atoms with Crippen LogP contribution in [-0.2, 0) is 0 Å². The molecule has 0 saturated carbocycles. The molecule has 0 spiro atoms. The van der Waals surface area contributed by atoms with E-state index in [1.165, 1.54) is 6.33 Å². The van der Waals surface area contributed by atoms with Crippen molar-refractivity contribution in [1.82, 2.24) is 25.0 Å². The summed E-state index contributed by atoms with van der Waals surface area (Å²) in [5, 5.41) is 8.50. The molecule has 0 aliphatic rings. The summed E-state index contributed by atoms with van der Waals surface area (Å²) in [7, 11) is 0. The Balaban J connectivity index is 2.21. The molecule has 0 unspecified atom stereocenters. The van der Waals surface area contributed by atoms with E-state index in [-0.39, 0.29) is 0 Å². The summed E-state index contributed by atoms with van der Waals surface area (Å²) in [4.78, 5) is 9.47. The van der Waals surface area contributed by atoms with Gasteiger partial charge >= 0.3 is 0 Å². The van der Waals surface area contributed by atoms with Crippen LogP contribution in [-0.4, -0.2) is 25.0 Å². The lowest BCUT2D eigenvalue weighted by molar-refractivity contribution is 0.763. The average Bonchev–Trinajstić information content (AvgIpc) is 2.74. The van der Waals surface area contributed by atoms with Gasteiger partial charge in [0.15, 0.2) is 5.52 Å². The number of hydrogen-bond acceptors (Lipinski definition) is 4. The normalized spacial score (nSPS) is 10.7. The molecule has 2 aromatic heterocycles. The maximum Gasteiger partial charge on any atom is 0.205 e. The molecule has 72 valence electrons. The molecule has 0 aliphatic carbocycles. The first-order valence-corrected chi connectivity index (χ1v) is 4.52. The Labute approximate surface area is 85.4 Å². The van der Waals surface area contributed by atoms with Gasteiger partial charge < -0.3 is 0 Å². The van der Waals surface area contributed by atoms with E-state index in [4.69, 9.17) is 0 Å². The molecule has 1 aromatic carbocycles. The van der Waals surface area contributed by atoms with Crippen LogP contribution in [0.3, 0.4) is 0 Å². The maximum absolute atomic E-state index is 4.26. The van der Waals surface area contributed by atoms with E-state index < -0.39 is 0 Å². The van der Waals surface area contributed by atoms with Crippen molar-refractivity contribution in [2.45, 2.75) is 0 Å². The third-order valence-corrected chi connectivity index (χ3v) is 2.05. The van der Waals surface area contributed by atoms with Crippen molar-refractivity contribution in [3.8, 4) is 5.69 Å². The fourth-order valence-electron chi connectivity index (χ4n) is 1.35. The fourth-order valence-corrected chi connectivity index (χ4v) is 1.35. The molecule has 0 aliphatic heterocycles. The van der Waals surface area contributed by atoms with Crippen molar-refractivity contribution >= 4 is 11.2 Å². The quantitative estimate of drug-likeness (QED) is 0.588. The summed E-state index contributed by atoms with van der Waals surface area (Å²) in [6.07, 6.45) is 3.11. The molecule has 3 rings (SSSR count). The Bertz CT molecular complexity index is 554. The summed E-state index contributed by atoms with van der Waals surface area (Å²) < 4.78 is 0. The first kappa shape index (κ1) is 8.05. The largest absolute Gasteiger partial charge is 0.242 e. The van der Waals surface area contributed by atoms with E-state index >= 15 is 0 Å². The predicted octanol–water partition coefficient (Wildman–Crippen LogP) is 1.21. The molecule has 0 bridgehead atoms. The molecule has 15 heavy (non-hydrogen) atoms. The van der Waals surface area contributed by atoms with E-state index in [1.54, 1.807) is 11.0 Å². The van der Waals surface area contributed by atoms with Crippen molar-refractivity contribution < 1.29 is 0 Å². The van der Waals surface area contributed by atoms with Gasteiger partial charge in [0.25, 0.3) is 0 Å². The average molecular weight is 197 g/mol. The van der Waals surface area contributed by atoms with Crippen molar-refractivity contribution in [3.63, 3.8) is 0 Å². The lowest BCUT2D eigenvalue weighted by Gasteiger charge is -1.95. The molecule has 0 radical (unpaired) electrons. The van der Waals surface area contributed by atoms with Crippen molar-refractivity contribution in [3.05, 3.63) is 42.9 Å². The zero-order valence-electron chi connectivity index (χ0n) is 7.78. The number of aromatic nitrogens is 5. The van der Waals surface area contributed by atoms with Gasteiger partial charge in [0.2, 0.25) is 5.65 Å². The molecule has 3 aromatic rings. The highest BCUT2D eigenvalue weighted by molar-refractivity contribution is 5.67. The van der Waals surface area contributed by atoms with Gasteiger partial charge in [-0.15, -0.1) is 15.0 Å². The third-order valence-electron chi connectivity index (χ3n) is 2.05. The van der Waals surface area contributed by atoms with E-state index in [0.717, 1.165) is 5.69 Å². The van der Waals surface area contributed by atoms with Crippen molar-refractivity contribution in [2.75, 3.05) is 0 Å². The highest BCUT2D eigenvalue weighted by Gasteiger charge is 2.03. The van der Waals surface area contributed by atoms with E-state index in [1.807, 2.05) is 30.3 Å². The Hall–Kier alpha value is -2.30. The number of fused-ring (bicyclic) bond motifs is 1. The van der Waals surface area contributed by atoms with Crippen LogP contribution in [0.25, 0.3) is 16.9 Å². The second-order valence-corrected chi connectivity index (χ2v) is 3.06. The Morgan fingerprint density at radius 1 is 1.00 bits per heavy atom. The molecule has 0 N–H and O–H groups in total. The number of para-hydroxylation sites is 1. The first-order chi connectivity index (χ1) is 7.43. The molecular weight excluding hydrogens is 190 g/mol. The summed E-state index contributed by atoms with van der Waals surface area (Å²) >= 11 is 0. The number of hydrogen-bond donors (Lipinski definition) is 0. The van der Waals surface area contributed by atoms with Crippen LogP contribution >= 0.6 is 0 Å². The van der Waals surface area contributed by atoms with E-state index in [9.17, 15) is 0 Å². The second kappa shape index (κ2) is 3.13. The number of nitrogens with zero attached hydrogens (tertiary/aromatic N) is 5. The maximum atomic E-state index is 4.26. The third kappa shape index (κ3) is 1.34. The summed E-state index contributed by atoms with van der Waals surface area (Å²) in [6.45, 7) is 0. The van der Waals surface area contributed by atoms with Crippen LogP contribution in [0.5, 0.6) is 0 Å². The van der Waals surface area contributed by atoms with Gasteiger partial charge in [-0.1, -0.05) is 18.2 Å². The Morgan fingerprint density at radius 3 is 2.67 bits per heavy atom. The highest BCUT2D eigenvalue weighted by Crippen LogP contribution is 2.07. The SMILES string of the molecule is c1ccc(-n2nc3cncnc3n2)cc1. The van der Waals surface area contributed by atoms with Crippen LogP contribution in [0, 0.1) is 0 Å². The first-order valence-electron chi connectivity index (χ1n) is 4.52. The summed E-state index contributed by atoms with van der Waals surface area (Å²) in [6, 6.07) is 9.70. The van der Waals surface area contributed by atoms with Crippen molar-refractivity contribution in [1.29, 1.82) is 0 Å². The second-order valence-electron chi connectivity index (χ2n) is 3.06. The summed E-state index contributed by atoms with van der Waals surface area (Å²) in [5.74, 6) is 0. The lowest BCUT2D eigenvalue weighted by atomic mass is 10.3. The fraction of sp³-hybridized carbons (Fsp3) is 0. The molecule has 0 amide bonds. The lowest BCUT2D eigenvalue weighted by Crippen LogP contribution is -1.97. The molecule has 2 heterocycles. The molecule has 0 saturated heterocycles. The minimum atomic E-state index is 0.605. The zero-order valence-corrected chi connectivity index (χ0v) is 7.78. The molecule has 5 nitrogen and oxygen atoms in total. The van der Waals surface area contributed by atoms with Gasteiger partial charge in [-0.05, 0) is 12.1 Å². The van der Waals surface area contributed by atoms with Crippen LogP contribution in [0.2, 0.25) is 0 Å². The molecular formula is C10H7N5. The molecule has 5 heteroatoms. The van der Waals surface area contributed by atoms with Crippen LogP contribution in [0.15, 0.2) is 42.9 Å². The van der Waals surface area contributed by atoms with Gasteiger partial charge in [0, 0.05) is 0 Å². The monoisotopic (exact) mass is 197 g/mol. The summed E-state index contributed by atoms with van der Waals surface area (Å²) in [5.41, 5.74) is 2.21. The highest BCUT2D eigenvalue weighted by atomic mass is 15.5. The van der Waals surface area contributed by atoms with Gasteiger partial charge in [-0.25, -0.2) is 9.97 Å². The van der Waals surface area contributed by atoms with Crippen LogP contribution < -0.4 is 0 Å². The molecule has 0 atom stereocenters. The van der Waals surface area contributed by atoms with Crippen LogP contribution in [0.1, 0.15) is 0 Å². The van der Waals surface area contributed by atoms with E-state index in [0.29, 0.717) is 11.2 Å². The van der Waals surface area contributed by atoms with Crippen LogP contribution in [0.4, 0.5) is 0 Å². The smallest absolute Gasteiger partial charge is 0.205 e. The van der Waals surface area contributed by atoms with Gasteiger partial charge in [-0.2, -0.15) is 0 Å². The van der Waals surface area contributed by atoms with Gasteiger partial charge in [-0.3, -0.25) is 0 Å². The Kier molecular flexibility index (Phi) is 1.68.